The average molecular weight is 140 g/mol. The van der Waals surface area contributed by atoms with Crippen LogP contribution in [0, 0.1) is 17.2 Å². The molecule has 1 rings (SSSR count). The van der Waals surface area contributed by atoms with Crippen LogP contribution in [0.4, 0.5) is 0 Å². The van der Waals surface area contributed by atoms with E-state index in [0.29, 0.717) is 0 Å². The maximum absolute atomic E-state index is 8.54. The molecule has 0 aromatic heterocycles. The first-order valence-corrected chi connectivity index (χ1v) is 3.55. The molecular weight excluding hydrogens is 128 g/mol. The highest BCUT2D eigenvalue weighted by atomic mass is 16.7. The Balaban J connectivity index is 2.25. The minimum Gasteiger partial charge on any atom is -0.302 e. The lowest BCUT2D eigenvalue weighted by Crippen LogP contribution is -2.32. The van der Waals surface area contributed by atoms with E-state index in [9.17, 15) is 0 Å². The van der Waals surface area contributed by atoms with Crippen LogP contribution in [0.5, 0.6) is 0 Å². The van der Waals surface area contributed by atoms with E-state index in [2.05, 4.69) is 6.07 Å². The second-order valence-corrected chi connectivity index (χ2v) is 2.51. The first-order valence-electron chi connectivity index (χ1n) is 3.55. The molecular formula is C7H12N2O. The molecule has 3 nitrogen and oxygen atoms in total. The third-order valence-electron chi connectivity index (χ3n) is 1.89. The maximum Gasteiger partial charge on any atom is 0.0656 e. The molecule has 56 valence electrons. The normalized spacial score (nSPS) is 22.4. The predicted molar refractivity (Wildman–Crippen MR) is 36.9 cm³/mol. The Bertz CT molecular complexity index is 133. The predicted octanol–water partition coefficient (Wildman–Crippen LogP) is 0.783. The topological polar surface area (TPSA) is 36.3 Å². The summed E-state index contributed by atoms with van der Waals surface area (Å²) in [7, 11) is 1.67. The van der Waals surface area contributed by atoms with Crippen LogP contribution >= 0.6 is 0 Å². The summed E-state index contributed by atoms with van der Waals surface area (Å²) >= 11 is 0. The van der Waals surface area contributed by atoms with Crippen LogP contribution in [-0.4, -0.2) is 25.3 Å². The summed E-state index contributed by atoms with van der Waals surface area (Å²) in [6.07, 6.45) is 1.90. The molecule has 0 aromatic carbocycles. The highest BCUT2D eigenvalue weighted by molar-refractivity contribution is 4.85. The van der Waals surface area contributed by atoms with Crippen LogP contribution < -0.4 is 0 Å². The van der Waals surface area contributed by atoms with Gasteiger partial charge in [-0.05, 0) is 12.8 Å². The van der Waals surface area contributed by atoms with Crippen molar-refractivity contribution in [2.45, 2.75) is 12.8 Å². The van der Waals surface area contributed by atoms with Gasteiger partial charge in [-0.2, -0.15) is 10.3 Å². The first-order chi connectivity index (χ1) is 4.86. The summed E-state index contributed by atoms with van der Waals surface area (Å²) in [4.78, 5) is 5.01. The number of rotatable bonds is 1. The van der Waals surface area contributed by atoms with E-state index in [0.717, 1.165) is 25.9 Å². The third-order valence-corrected chi connectivity index (χ3v) is 1.89. The molecule has 0 aliphatic carbocycles. The maximum atomic E-state index is 8.54. The van der Waals surface area contributed by atoms with E-state index in [-0.39, 0.29) is 5.92 Å². The molecule has 0 atom stereocenters. The number of nitriles is 1. The van der Waals surface area contributed by atoms with Gasteiger partial charge in [0.1, 0.15) is 0 Å². The van der Waals surface area contributed by atoms with Crippen LogP contribution in [0.1, 0.15) is 12.8 Å². The summed E-state index contributed by atoms with van der Waals surface area (Å²) < 4.78 is 0. The van der Waals surface area contributed by atoms with Gasteiger partial charge >= 0.3 is 0 Å². The molecule has 1 saturated heterocycles. The van der Waals surface area contributed by atoms with Crippen LogP contribution in [-0.2, 0) is 4.84 Å². The van der Waals surface area contributed by atoms with E-state index in [4.69, 9.17) is 10.1 Å². The van der Waals surface area contributed by atoms with Crippen molar-refractivity contribution < 1.29 is 4.84 Å². The summed E-state index contributed by atoms with van der Waals surface area (Å²) in [5, 5.41) is 10.4. The van der Waals surface area contributed by atoms with E-state index in [1.54, 1.807) is 7.11 Å². The highest BCUT2D eigenvalue weighted by Crippen LogP contribution is 2.15. The molecule has 1 heterocycles. The van der Waals surface area contributed by atoms with E-state index in [1.165, 1.54) is 0 Å². The molecule has 0 amide bonds. The Labute approximate surface area is 61.1 Å². The minimum atomic E-state index is 0.256. The van der Waals surface area contributed by atoms with Gasteiger partial charge in [-0.3, -0.25) is 0 Å². The van der Waals surface area contributed by atoms with Crippen molar-refractivity contribution in [2.75, 3.05) is 20.2 Å². The molecule has 0 radical (unpaired) electrons. The Morgan fingerprint density at radius 2 is 2.10 bits per heavy atom. The van der Waals surface area contributed by atoms with Crippen molar-refractivity contribution in [3.05, 3.63) is 0 Å². The Morgan fingerprint density at radius 1 is 1.50 bits per heavy atom. The van der Waals surface area contributed by atoms with Crippen LogP contribution in [0.25, 0.3) is 0 Å². The fourth-order valence-corrected chi connectivity index (χ4v) is 1.17. The lowest BCUT2D eigenvalue weighted by Gasteiger charge is -2.26. The molecule has 1 fully saturated rings. The van der Waals surface area contributed by atoms with Crippen molar-refractivity contribution in [1.82, 2.24) is 5.06 Å². The van der Waals surface area contributed by atoms with E-state index in [1.807, 2.05) is 5.06 Å². The van der Waals surface area contributed by atoms with Gasteiger partial charge in [0, 0.05) is 19.0 Å². The van der Waals surface area contributed by atoms with Crippen molar-refractivity contribution in [2.24, 2.45) is 5.92 Å². The molecule has 10 heavy (non-hydrogen) atoms. The largest absolute Gasteiger partial charge is 0.302 e. The quantitative estimate of drug-likeness (QED) is 0.540. The molecule has 1 aliphatic heterocycles. The molecule has 0 aromatic rings. The van der Waals surface area contributed by atoms with Gasteiger partial charge in [0.15, 0.2) is 0 Å². The van der Waals surface area contributed by atoms with Crippen molar-refractivity contribution in [3.63, 3.8) is 0 Å². The van der Waals surface area contributed by atoms with E-state index < -0.39 is 0 Å². The fraction of sp³-hybridized carbons (Fsp3) is 0.857. The van der Waals surface area contributed by atoms with Gasteiger partial charge < -0.3 is 4.84 Å². The van der Waals surface area contributed by atoms with Gasteiger partial charge in [0.25, 0.3) is 0 Å². The zero-order valence-corrected chi connectivity index (χ0v) is 6.21. The number of hydroxylamine groups is 2. The summed E-state index contributed by atoms with van der Waals surface area (Å²) in [5.41, 5.74) is 0. The molecule has 1 aliphatic rings. The third kappa shape index (κ3) is 1.69. The fourth-order valence-electron chi connectivity index (χ4n) is 1.17. The van der Waals surface area contributed by atoms with Crippen LogP contribution in [0.3, 0.4) is 0 Å². The second kappa shape index (κ2) is 3.55. The minimum absolute atomic E-state index is 0.256. The lowest BCUT2D eigenvalue weighted by atomic mass is 10.0. The molecule has 0 unspecified atom stereocenters. The van der Waals surface area contributed by atoms with E-state index >= 15 is 0 Å². The zero-order valence-electron chi connectivity index (χ0n) is 6.21. The summed E-state index contributed by atoms with van der Waals surface area (Å²) in [6.45, 7) is 1.80. The van der Waals surface area contributed by atoms with Crippen LogP contribution in [0.2, 0.25) is 0 Å². The van der Waals surface area contributed by atoms with Crippen molar-refractivity contribution in [1.29, 1.82) is 5.26 Å². The van der Waals surface area contributed by atoms with Gasteiger partial charge in [-0.1, -0.05) is 0 Å². The number of hydrogen-bond donors (Lipinski definition) is 0. The Morgan fingerprint density at radius 3 is 2.50 bits per heavy atom. The lowest BCUT2D eigenvalue weighted by molar-refractivity contribution is -0.145. The summed E-state index contributed by atoms with van der Waals surface area (Å²) in [5.74, 6) is 0.256. The molecule has 0 saturated carbocycles. The van der Waals surface area contributed by atoms with Crippen LogP contribution in [0.15, 0.2) is 0 Å². The Kier molecular flexibility index (Phi) is 2.67. The van der Waals surface area contributed by atoms with Crippen molar-refractivity contribution in [3.8, 4) is 6.07 Å². The molecule has 0 spiro atoms. The molecule has 0 N–H and O–H groups in total. The van der Waals surface area contributed by atoms with Gasteiger partial charge in [0.2, 0.25) is 0 Å². The summed E-state index contributed by atoms with van der Waals surface area (Å²) in [6, 6.07) is 2.27. The number of hydrogen-bond acceptors (Lipinski definition) is 3. The molecule has 3 heteroatoms. The Hall–Kier alpha value is -0.590. The smallest absolute Gasteiger partial charge is 0.0656 e. The zero-order chi connectivity index (χ0) is 7.40. The van der Waals surface area contributed by atoms with Crippen molar-refractivity contribution >= 4 is 0 Å². The monoisotopic (exact) mass is 140 g/mol. The van der Waals surface area contributed by atoms with Gasteiger partial charge in [-0.25, -0.2) is 0 Å². The van der Waals surface area contributed by atoms with Gasteiger partial charge in [0.05, 0.1) is 13.2 Å². The second-order valence-electron chi connectivity index (χ2n) is 2.51. The SMILES string of the molecule is CON1CCC(C#N)CC1. The van der Waals surface area contributed by atoms with Gasteiger partial charge in [-0.15, -0.1) is 0 Å². The average Bonchev–Trinajstić information content (AvgIpc) is 2.05. The number of piperidine rings is 1. The number of nitrogens with zero attached hydrogens (tertiary/aromatic N) is 2. The first kappa shape index (κ1) is 7.52. The highest BCUT2D eigenvalue weighted by Gasteiger charge is 2.17. The molecule has 0 bridgehead atoms. The standard InChI is InChI=1S/C7H12N2O/c1-10-9-4-2-7(6-8)3-5-9/h7H,2-5H2,1H3.